The molecular formula is C21H24ClN3O. The summed E-state index contributed by atoms with van der Waals surface area (Å²) in [7, 11) is 0. The van der Waals surface area contributed by atoms with Gasteiger partial charge in [0.2, 0.25) is 0 Å². The minimum atomic E-state index is 0.692. The third-order valence-corrected chi connectivity index (χ3v) is 4.91. The molecule has 0 spiro atoms. The number of halogens is 1. The number of hydrogen-bond acceptors (Lipinski definition) is 4. The molecule has 0 unspecified atom stereocenters. The van der Waals surface area contributed by atoms with Gasteiger partial charge in [0.05, 0.1) is 11.6 Å². The number of nitrogens with zero attached hydrogens (tertiary/aromatic N) is 3. The first kappa shape index (κ1) is 18.7. The molecular weight excluding hydrogens is 346 g/mol. The molecule has 1 saturated heterocycles. The molecule has 1 aliphatic rings. The standard InChI is InChI=1S/C21H24ClN3O/c22-20-6-8-21(9-7-20)26-15-14-24-10-1-11-25(13-12-24)17-19-4-2-18(16-23)3-5-19/h2-9H,1,10-15,17H2. The predicted molar refractivity (Wildman–Crippen MR) is 104 cm³/mol. The average Bonchev–Trinajstić information content (AvgIpc) is 2.89. The lowest BCUT2D eigenvalue weighted by atomic mass is 10.1. The van der Waals surface area contributed by atoms with E-state index in [1.54, 1.807) is 0 Å². The van der Waals surface area contributed by atoms with Crippen LogP contribution in [0.5, 0.6) is 5.75 Å². The summed E-state index contributed by atoms with van der Waals surface area (Å²) in [5, 5.41) is 9.62. The van der Waals surface area contributed by atoms with E-state index in [0.717, 1.165) is 62.0 Å². The highest BCUT2D eigenvalue weighted by atomic mass is 35.5. The summed E-state index contributed by atoms with van der Waals surface area (Å²) in [6, 6.07) is 17.6. The Balaban J connectivity index is 1.41. The zero-order valence-electron chi connectivity index (χ0n) is 14.9. The lowest BCUT2D eigenvalue weighted by Gasteiger charge is -2.22. The highest BCUT2D eigenvalue weighted by molar-refractivity contribution is 6.30. The fourth-order valence-corrected chi connectivity index (χ4v) is 3.30. The highest BCUT2D eigenvalue weighted by Gasteiger charge is 2.15. The largest absolute Gasteiger partial charge is 0.492 e. The van der Waals surface area contributed by atoms with Crippen LogP contribution in [0.15, 0.2) is 48.5 Å². The SMILES string of the molecule is N#Cc1ccc(CN2CCCN(CCOc3ccc(Cl)cc3)CC2)cc1. The van der Waals surface area contributed by atoms with E-state index < -0.39 is 0 Å². The van der Waals surface area contributed by atoms with Gasteiger partial charge in [-0.05, 0) is 61.5 Å². The van der Waals surface area contributed by atoms with Gasteiger partial charge in [-0.3, -0.25) is 9.80 Å². The Bertz CT molecular complexity index is 724. The van der Waals surface area contributed by atoms with Crippen molar-refractivity contribution in [3.05, 3.63) is 64.7 Å². The maximum absolute atomic E-state index is 8.89. The lowest BCUT2D eigenvalue weighted by Crippen LogP contribution is -2.33. The fourth-order valence-electron chi connectivity index (χ4n) is 3.17. The molecule has 0 amide bonds. The van der Waals surface area contributed by atoms with Crippen LogP contribution in [0.25, 0.3) is 0 Å². The Kier molecular flexibility index (Phi) is 6.90. The van der Waals surface area contributed by atoms with Crippen molar-refractivity contribution in [1.82, 2.24) is 9.80 Å². The van der Waals surface area contributed by atoms with Crippen molar-refractivity contribution in [3.8, 4) is 11.8 Å². The fraction of sp³-hybridized carbons (Fsp3) is 0.381. The number of benzene rings is 2. The molecule has 0 bridgehead atoms. The van der Waals surface area contributed by atoms with Gasteiger partial charge in [0.1, 0.15) is 12.4 Å². The van der Waals surface area contributed by atoms with Gasteiger partial charge in [-0.2, -0.15) is 5.26 Å². The number of nitriles is 1. The summed E-state index contributed by atoms with van der Waals surface area (Å²) in [5.74, 6) is 0.867. The quantitative estimate of drug-likeness (QED) is 0.776. The molecule has 0 saturated carbocycles. The van der Waals surface area contributed by atoms with Gasteiger partial charge in [-0.15, -0.1) is 0 Å². The van der Waals surface area contributed by atoms with E-state index in [0.29, 0.717) is 6.61 Å². The molecule has 1 fully saturated rings. The van der Waals surface area contributed by atoms with Gasteiger partial charge in [0.15, 0.2) is 0 Å². The third-order valence-electron chi connectivity index (χ3n) is 4.66. The van der Waals surface area contributed by atoms with Crippen molar-refractivity contribution in [3.63, 3.8) is 0 Å². The number of hydrogen-bond donors (Lipinski definition) is 0. The second kappa shape index (κ2) is 9.59. The molecule has 2 aromatic carbocycles. The van der Waals surface area contributed by atoms with Crippen molar-refractivity contribution < 1.29 is 4.74 Å². The van der Waals surface area contributed by atoms with Crippen LogP contribution >= 0.6 is 11.6 Å². The molecule has 0 atom stereocenters. The average molecular weight is 370 g/mol. The Morgan fingerprint density at radius 1 is 0.923 bits per heavy atom. The normalized spacial score (nSPS) is 16.0. The zero-order chi connectivity index (χ0) is 18.2. The highest BCUT2D eigenvalue weighted by Crippen LogP contribution is 2.15. The lowest BCUT2D eigenvalue weighted by molar-refractivity contribution is 0.207. The van der Waals surface area contributed by atoms with Crippen LogP contribution in [0.1, 0.15) is 17.5 Å². The van der Waals surface area contributed by atoms with E-state index in [4.69, 9.17) is 21.6 Å². The summed E-state index contributed by atoms with van der Waals surface area (Å²) < 4.78 is 5.81. The van der Waals surface area contributed by atoms with Gasteiger partial charge in [0.25, 0.3) is 0 Å². The van der Waals surface area contributed by atoms with Gasteiger partial charge >= 0.3 is 0 Å². The second-order valence-electron chi connectivity index (χ2n) is 6.58. The predicted octanol–water partition coefficient (Wildman–Crippen LogP) is 3.80. The Morgan fingerprint density at radius 3 is 2.35 bits per heavy atom. The molecule has 0 radical (unpaired) electrons. The summed E-state index contributed by atoms with van der Waals surface area (Å²) in [6.07, 6.45) is 1.16. The molecule has 0 aromatic heterocycles. The van der Waals surface area contributed by atoms with E-state index in [2.05, 4.69) is 28.0 Å². The van der Waals surface area contributed by atoms with Crippen molar-refractivity contribution >= 4 is 11.6 Å². The minimum Gasteiger partial charge on any atom is -0.492 e. The monoisotopic (exact) mass is 369 g/mol. The van der Waals surface area contributed by atoms with Crippen LogP contribution in [0.2, 0.25) is 5.02 Å². The van der Waals surface area contributed by atoms with Crippen molar-refractivity contribution in [2.75, 3.05) is 39.3 Å². The Labute approximate surface area is 160 Å². The first-order valence-electron chi connectivity index (χ1n) is 9.05. The van der Waals surface area contributed by atoms with Crippen LogP contribution in [0, 0.1) is 11.3 Å². The maximum atomic E-state index is 8.89. The molecule has 0 N–H and O–H groups in total. The third kappa shape index (κ3) is 5.74. The van der Waals surface area contributed by atoms with Gasteiger partial charge in [-0.1, -0.05) is 23.7 Å². The van der Waals surface area contributed by atoms with Crippen LogP contribution in [-0.4, -0.2) is 49.1 Å². The maximum Gasteiger partial charge on any atom is 0.119 e. The van der Waals surface area contributed by atoms with Gasteiger partial charge in [-0.25, -0.2) is 0 Å². The molecule has 3 rings (SSSR count). The van der Waals surface area contributed by atoms with Crippen LogP contribution in [-0.2, 0) is 6.54 Å². The second-order valence-corrected chi connectivity index (χ2v) is 7.02. The molecule has 1 aliphatic heterocycles. The minimum absolute atomic E-state index is 0.692. The van der Waals surface area contributed by atoms with Crippen molar-refractivity contribution in [1.29, 1.82) is 5.26 Å². The van der Waals surface area contributed by atoms with E-state index in [-0.39, 0.29) is 0 Å². The smallest absolute Gasteiger partial charge is 0.119 e. The first-order chi connectivity index (χ1) is 12.7. The molecule has 0 aliphatic carbocycles. The Hall–Kier alpha value is -2.06. The van der Waals surface area contributed by atoms with E-state index in [9.17, 15) is 0 Å². The summed E-state index contributed by atoms with van der Waals surface area (Å²) in [5.41, 5.74) is 1.99. The Morgan fingerprint density at radius 2 is 1.62 bits per heavy atom. The number of rotatable bonds is 6. The molecule has 4 nitrogen and oxygen atoms in total. The molecule has 2 aromatic rings. The van der Waals surface area contributed by atoms with E-state index in [1.165, 1.54) is 5.56 Å². The molecule has 1 heterocycles. The van der Waals surface area contributed by atoms with Crippen LogP contribution in [0.3, 0.4) is 0 Å². The topological polar surface area (TPSA) is 39.5 Å². The summed E-state index contributed by atoms with van der Waals surface area (Å²) in [4.78, 5) is 4.95. The van der Waals surface area contributed by atoms with Crippen molar-refractivity contribution in [2.24, 2.45) is 0 Å². The zero-order valence-corrected chi connectivity index (χ0v) is 15.7. The number of ether oxygens (including phenoxy) is 1. The summed E-state index contributed by atoms with van der Waals surface area (Å²) in [6.45, 7) is 6.90. The summed E-state index contributed by atoms with van der Waals surface area (Å²) >= 11 is 5.89. The molecule has 136 valence electrons. The van der Waals surface area contributed by atoms with E-state index in [1.807, 2.05) is 36.4 Å². The van der Waals surface area contributed by atoms with Crippen LogP contribution < -0.4 is 4.74 Å². The molecule has 26 heavy (non-hydrogen) atoms. The van der Waals surface area contributed by atoms with Crippen LogP contribution in [0.4, 0.5) is 0 Å². The van der Waals surface area contributed by atoms with E-state index >= 15 is 0 Å². The van der Waals surface area contributed by atoms with Gasteiger partial charge < -0.3 is 4.74 Å². The molecule has 5 heteroatoms. The van der Waals surface area contributed by atoms with Crippen molar-refractivity contribution in [2.45, 2.75) is 13.0 Å². The first-order valence-corrected chi connectivity index (χ1v) is 9.43. The van der Waals surface area contributed by atoms with Gasteiger partial charge in [0, 0.05) is 31.2 Å².